The summed E-state index contributed by atoms with van der Waals surface area (Å²) in [7, 11) is 0. The Kier molecular flexibility index (Phi) is 5.06. The molecule has 4 rings (SSSR count). The molecule has 0 unspecified atom stereocenters. The highest BCUT2D eigenvalue weighted by Gasteiger charge is 2.13. The van der Waals surface area contributed by atoms with Gasteiger partial charge >= 0.3 is 0 Å². The Morgan fingerprint density at radius 3 is 2.61 bits per heavy atom. The van der Waals surface area contributed by atoms with Gasteiger partial charge < -0.3 is 10.1 Å². The number of aromatic nitrogens is 2. The predicted octanol–water partition coefficient (Wildman–Crippen LogP) is 4.14. The third kappa shape index (κ3) is 3.74. The molecule has 1 heterocycles. The smallest absolute Gasteiger partial charge is 0.271 e. The van der Waals surface area contributed by atoms with Crippen LogP contribution in [-0.2, 0) is 0 Å². The van der Waals surface area contributed by atoms with E-state index < -0.39 is 0 Å². The second-order valence-electron chi connectivity index (χ2n) is 6.50. The minimum absolute atomic E-state index is 0.209. The molecule has 0 atom stereocenters. The first-order valence-corrected chi connectivity index (χ1v) is 9.23. The molecular weight excluding hydrogens is 350 g/mol. The summed E-state index contributed by atoms with van der Waals surface area (Å²) in [4.78, 5) is 12.4. The largest absolute Gasteiger partial charge is 0.491 e. The van der Waals surface area contributed by atoms with Crippen LogP contribution in [0.4, 0.5) is 0 Å². The predicted molar refractivity (Wildman–Crippen MR) is 110 cm³/mol. The number of carbonyl (C=O) groups excluding carboxylic acids is 1. The van der Waals surface area contributed by atoms with Crippen molar-refractivity contribution in [3.63, 3.8) is 0 Å². The molecular formula is C23H21N3O2. The lowest BCUT2D eigenvalue weighted by Crippen LogP contribution is -2.28. The summed E-state index contributed by atoms with van der Waals surface area (Å²) in [6, 6.07) is 25.6. The molecule has 140 valence electrons. The fourth-order valence-electron chi connectivity index (χ4n) is 3.15. The molecule has 0 aliphatic heterocycles. The molecule has 0 bridgehead atoms. The van der Waals surface area contributed by atoms with Crippen molar-refractivity contribution in [1.29, 1.82) is 0 Å². The van der Waals surface area contributed by atoms with Gasteiger partial charge in [-0.25, -0.2) is 4.68 Å². The average Bonchev–Trinajstić information content (AvgIpc) is 3.13. The van der Waals surface area contributed by atoms with Crippen molar-refractivity contribution in [2.45, 2.75) is 6.92 Å². The fraction of sp³-hybridized carbons (Fsp3) is 0.130. The van der Waals surface area contributed by atoms with Gasteiger partial charge in [0.15, 0.2) is 5.69 Å². The first-order valence-electron chi connectivity index (χ1n) is 9.23. The van der Waals surface area contributed by atoms with Crippen molar-refractivity contribution < 1.29 is 9.53 Å². The Labute approximate surface area is 163 Å². The minimum atomic E-state index is -0.209. The fourth-order valence-corrected chi connectivity index (χ4v) is 3.15. The standard InChI is InChI=1S/C23H21N3O2/c1-17-16-21(25-26(17)19-10-3-2-4-11-19)23(27)24-14-15-28-22-13-7-9-18-8-5-6-12-20(18)22/h2-13,16H,14-15H2,1H3,(H,24,27). The number of hydrogen-bond acceptors (Lipinski definition) is 3. The minimum Gasteiger partial charge on any atom is -0.491 e. The van der Waals surface area contributed by atoms with E-state index in [4.69, 9.17) is 4.74 Å². The highest BCUT2D eigenvalue weighted by Crippen LogP contribution is 2.24. The van der Waals surface area contributed by atoms with Crippen LogP contribution in [0.1, 0.15) is 16.2 Å². The lowest BCUT2D eigenvalue weighted by Gasteiger charge is -2.09. The van der Waals surface area contributed by atoms with Crippen LogP contribution in [-0.4, -0.2) is 28.8 Å². The molecule has 0 aliphatic rings. The van der Waals surface area contributed by atoms with E-state index in [0.717, 1.165) is 27.9 Å². The van der Waals surface area contributed by atoms with E-state index in [2.05, 4.69) is 22.5 Å². The van der Waals surface area contributed by atoms with Crippen molar-refractivity contribution in [2.24, 2.45) is 0 Å². The number of ether oxygens (including phenoxy) is 1. The van der Waals surface area contributed by atoms with Crippen molar-refractivity contribution in [2.75, 3.05) is 13.2 Å². The molecule has 5 nitrogen and oxygen atoms in total. The van der Waals surface area contributed by atoms with Crippen molar-refractivity contribution >= 4 is 16.7 Å². The van der Waals surface area contributed by atoms with Crippen LogP contribution in [0.3, 0.4) is 0 Å². The van der Waals surface area contributed by atoms with E-state index in [0.29, 0.717) is 18.8 Å². The van der Waals surface area contributed by atoms with E-state index in [1.807, 2.05) is 67.6 Å². The molecule has 0 radical (unpaired) electrons. The zero-order valence-electron chi connectivity index (χ0n) is 15.6. The van der Waals surface area contributed by atoms with E-state index >= 15 is 0 Å². The molecule has 1 amide bonds. The van der Waals surface area contributed by atoms with E-state index in [1.165, 1.54) is 0 Å². The Bertz CT molecular complexity index is 1100. The van der Waals surface area contributed by atoms with Crippen molar-refractivity contribution in [3.05, 3.63) is 90.3 Å². The first kappa shape index (κ1) is 17.8. The second kappa shape index (κ2) is 7.96. The summed E-state index contributed by atoms with van der Waals surface area (Å²) in [6.07, 6.45) is 0. The molecule has 1 aromatic heterocycles. The van der Waals surface area contributed by atoms with Crippen LogP contribution in [0.15, 0.2) is 78.9 Å². The number of carbonyl (C=O) groups is 1. The number of hydrogen-bond donors (Lipinski definition) is 1. The highest BCUT2D eigenvalue weighted by atomic mass is 16.5. The maximum absolute atomic E-state index is 12.4. The lowest BCUT2D eigenvalue weighted by atomic mass is 10.1. The molecule has 0 saturated heterocycles. The molecule has 0 saturated carbocycles. The topological polar surface area (TPSA) is 56.1 Å². The second-order valence-corrected chi connectivity index (χ2v) is 6.50. The summed E-state index contributed by atoms with van der Waals surface area (Å²) in [5, 5.41) is 9.49. The molecule has 1 N–H and O–H groups in total. The van der Waals surface area contributed by atoms with Crippen molar-refractivity contribution in [3.8, 4) is 11.4 Å². The Morgan fingerprint density at radius 1 is 1.00 bits per heavy atom. The Balaban J connectivity index is 1.36. The number of fused-ring (bicyclic) bond motifs is 1. The van der Waals surface area contributed by atoms with Crippen molar-refractivity contribution in [1.82, 2.24) is 15.1 Å². The van der Waals surface area contributed by atoms with Crippen LogP contribution in [0.25, 0.3) is 16.5 Å². The lowest BCUT2D eigenvalue weighted by molar-refractivity contribution is 0.0941. The number of para-hydroxylation sites is 1. The summed E-state index contributed by atoms with van der Waals surface area (Å²) < 4.78 is 7.63. The number of nitrogens with one attached hydrogen (secondary N) is 1. The van der Waals surface area contributed by atoms with Crippen LogP contribution in [0.5, 0.6) is 5.75 Å². The third-order valence-corrected chi connectivity index (χ3v) is 4.52. The van der Waals surface area contributed by atoms with Gasteiger partial charge in [0.05, 0.1) is 12.2 Å². The summed E-state index contributed by atoms with van der Waals surface area (Å²) in [6.45, 7) is 2.72. The number of aryl methyl sites for hydroxylation is 1. The average molecular weight is 371 g/mol. The van der Waals surface area contributed by atoms with Gasteiger partial charge in [0.2, 0.25) is 0 Å². The maximum atomic E-state index is 12.4. The van der Waals surface area contributed by atoms with Crippen LogP contribution in [0, 0.1) is 6.92 Å². The molecule has 28 heavy (non-hydrogen) atoms. The summed E-state index contributed by atoms with van der Waals surface area (Å²) in [5.74, 6) is 0.607. The van der Waals surface area contributed by atoms with Crippen LogP contribution < -0.4 is 10.1 Å². The van der Waals surface area contributed by atoms with Gasteiger partial charge in [-0.15, -0.1) is 0 Å². The van der Waals surface area contributed by atoms with Gasteiger partial charge in [0, 0.05) is 11.1 Å². The summed E-state index contributed by atoms with van der Waals surface area (Å²) >= 11 is 0. The molecule has 0 aliphatic carbocycles. The molecule has 3 aromatic carbocycles. The molecule has 4 aromatic rings. The first-order chi connectivity index (χ1) is 13.7. The van der Waals surface area contributed by atoms with Gasteiger partial charge in [-0.05, 0) is 36.6 Å². The number of nitrogens with zero attached hydrogens (tertiary/aromatic N) is 2. The van der Waals surface area contributed by atoms with Crippen LogP contribution >= 0.6 is 0 Å². The maximum Gasteiger partial charge on any atom is 0.271 e. The SMILES string of the molecule is Cc1cc(C(=O)NCCOc2cccc3ccccc23)nn1-c1ccccc1. The van der Waals surface area contributed by atoms with E-state index in [1.54, 1.807) is 10.7 Å². The highest BCUT2D eigenvalue weighted by molar-refractivity contribution is 5.92. The van der Waals surface area contributed by atoms with Gasteiger partial charge in [-0.1, -0.05) is 54.6 Å². The van der Waals surface area contributed by atoms with E-state index in [-0.39, 0.29) is 5.91 Å². The monoisotopic (exact) mass is 371 g/mol. The van der Waals surface area contributed by atoms with Gasteiger partial charge in [0.25, 0.3) is 5.91 Å². The Hall–Kier alpha value is -3.60. The van der Waals surface area contributed by atoms with E-state index in [9.17, 15) is 4.79 Å². The number of benzene rings is 3. The Morgan fingerprint density at radius 2 is 1.75 bits per heavy atom. The zero-order chi connectivity index (χ0) is 19.3. The number of amides is 1. The molecule has 0 spiro atoms. The molecule has 0 fully saturated rings. The normalized spacial score (nSPS) is 10.8. The quantitative estimate of drug-likeness (QED) is 0.518. The third-order valence-electron chi connectivity index (χ3n) is 4.52. The molecule has 5 heteroatoms. The number of rotatable bonds is 6. The van der Waals surface area contributed by atoms with Crippen LogP contribution in [0.2, 0.25) is 0 Å². The van der Waals surface area contributed by atoms with Gasteiger partial charge in [-0.3, -0.25) is 4.79 Å². The summed E-state index contributed by atoms with van der Waals surface area (Å²) in [5.41, 5.74) is 2.23. The van der Waals surface area contributed by atoms with Gasteiger partial charge in [-0.2, -0.15) is 5.10 Å². The van der Waals surface area contributed by atoms with Gasteiger partial charge in [0.1, 0.15) is 12.4 Å². The zero-order valence-corrected chi connectivity index (χ0v) is 15.6.